The summed E-state index contributed by atoms with van der Waals surface area (Å²) in [5, 5.41) is 1.95. The van der Waals surface area contributed by atoms with Gasteiger partial charge in [-0.1, -0.05) is 24.3 Å². The zero-order valence-electron chi connectivity index (χ0n) is 11.9. The molecule has 2 heterocycles. The summed E-state index contributed by atoms with van der Waals surface area (Å²) in [6.45, 7) is 2.41. The first kappa shape index (κ1) is 14.1. The van der Waals surface area contributed by atoms with Gasteiger partial charge in [0.25, 0.3) is 5.91 Å². The highest BCUT2D eigenvalue weighted by Crippen LogP contribution is 2.22. The molecule has 0 N–H and O–H groups in total. The summed E-state index contributed by atoms with van der Waals surface area (Å²) >= 11 is 1.52. The fourth-order valence-corrected chi connectivity index (χ4v) is 3.28. The number of likely N-dealkylation sites (tertiary alicyclic amines) is 1. The summed E-state index contributed by atoms with van der Waals surface area (Å²) < 4.78 is 5.81. The predicted octanol–water partition coefficient (Wildman–Crippen LogP) is 3.68. The van der Waals surface area contributed by atoms with Crippen LogP contribution in [0.15, 0.2) is 47.8 Å². The van der Waals surface area contributed by atoms with Crippen LogP contribution in [-0.2, 0) is 0 Å². The van der Waals surface area contributed by atoms with Gasteiger partial charge in [-0.25, -0.2) is 0 Å². The summed E-state index contributed by atoms with van der Waals surface area (Å²) in [5.41, 5.74) is 0. The Hall–Kier alpha value is -1.81. The Labute approximate surface area is 129 Å². The number of benzene rings is 1. The molecular weight excluding hydrogens is 282 g/mol. The molecule has 1 aromatic carbocycles. The lowest BCUT2D eigenvalue weighted by Gasteiger charge is -2.31. The fraction of sp³-hybridized carbons (Fsp3) is 0.353. The van der Waals surface area contributed by atoms with Gasteiger partial charge < -0.3 is 9.64 Å². The van der Waals surface area contributed by atoms with E-state index < -0.39 is 0 Å². The first-order chi connectivity index (χ1) is 10.3. The van der Waals surface area contributed by atoms with Crippen LogP contribution in [0.4, 0.5) is 0 Å². The van der Waals surface area contributed by atoms with E-state index in [1.165, 1.54) is 11.3 Å². The Balaban J connectivity index is 1.46. The molecule has 1 saturated heterocycles. The normalized spacial score (nSPS) is 15.9. The second-order valence-electron chi connectivity index (χ2n) is 5.34. The van der Waals surface area contributed by atoms with Gasteiger partial charge in [0.2, 0.25) is 0 Å². The Morgan fingerprint density at radius 3 is 2.57 bits per heavy atom. The Morgan fingerprint density at radius 2 is 1.90 bits per heavy atom. The van der Waals surface area contributed by atoms with Crippen LogP contribution in [0.1, 0.15) is 22.5 Å². The third-order valence-electron chi connectivity index (χ3n) is 3.86. The molecule has 3 nitrogen and oxygen atoms in total. The molecule has 4 heteroatoms. The average Bonchev–Trinajstić information content (AvgIpc) is 3.08. The Kier molecular flexibility index (Phi) is 4.55. The number of para-hydroxylation sites is 1. The largest absolute Gasteiger partial charge is 0.493 e. The first-order valence-corrected chi connectivity index (χ1v) is 8.21. The lowest BCUT2D eigenvalue weighted by molar-refractivity contribution is 0.0666. The van der Waals surface area contributed by atoms with E-state index >= 15 is 0 Å². The van der Waals surface area contributed by atoms with E-state index in [2.05, 4.69) is 0 Å². The molecule has 0 saturated carbocycles. The number of hydrogen-bond acceptors (Lipinski definition) is 3. The number of amides is 1. The molecule has 1 aliphatic rings. The van der Waals surface area contributed by atoms with Crippen LogP contribution in [0.3, 0.4) is 0 Å². The zero-order chi connectivity index (χ0) is 14.5. The van der Waals surface area contributed by atoms with Crippen molar-refractivity contribution in [3.8, 4) is 5.75 Å². The minimum Gasteiger partial charge on any atom is -0.493 e. The van der Waals surface area contributed by atoms with Crippen LogP contribution in [-0.4, -0.2) is 30.5 Å². The summed E-state index contributed by atoms with van der Waals surface area (Å²) in [6.07, 6.45) is 2.04. The Morgan fingerprint density at radius 1 is 1.14 bits per heavy atom. The van der Waals surface area contributed by atoms with E-state index in [9.17, 15) is 4.79 Å². The van der Waals surface area contributed by atoms with Gasteiger partial charge in [-0.05, 0) is 42.3 Å². The molecule has 0 unspecified atom stereocenters. The van der Waals surface area contributed by atoms with Crippen LogP contribution < -0.4 is 4.74 Å². The minimum atomic E-state index is 0.174. The van der Waals surface area contributed by atoms with E-state index in [-0.39, 0.29) is 5.91 Å². The first-order valence-electron chi connectivity index (χ1n) is 7.33. The van der Waals surface area contributed by atoms with Gasteiger partial charge in [0.05, 0.1) is 11.5 Å². The van der Waals surface area contributed by atoms with Gasteiger partial charge in [-0.3, -0.25) is 4.79 Å². The standard InChI is InChI=1S/C17H19NO2S/c19-17(16-7-4-12-21-16)18-10-8-14(9-11-18)13-20-15-5-2-1-3-6-15/h1-7,12,14H,8-11,13H2. The number of ether oxygens (including phenoxy) is 1. The molecule has 1 amide bonds. The quantitative estimate of drug-likeness (QED) is 0.862. The summed E-state index contributed by atoms with van der Waals surface area (Å²) in [6, 6.07) is 13.7. The molecule has 3 rings (SSSR count). The van der Waals surface area contributed by atoms with Gasteiger partial charge in [0.15, 0.2) is 0 Å². The lowest BCUT2D eigenvalue weighted by atomic mass is 9.97. The summed E-state index contributed by atoms with van der Waals surface area (Å²) in [4.78, 5) is 15.1. The van der Waals surface area contributed by atoms with Crippen molar-refractivity contribution in [2.24, 2.45) is 5.92 Å². The fourth-order valence-electron chi connectivity index (χ4n) is 2.59. The van der Waals surface area contributed by atoms with E-state index in [1.54, 1.807) is 0 Å². The lowest BCUT2D eigenvalue weighted by Crippen LogP contribution is -2.39. The smallest absolute Gasteiger partial charge is 0.263 e. The topological polar surface area (TPSA) is 29.5 Å². The molecule has 21 heavy (non-hydrogen) atoms. The third-order valence-corrected chi connectivity index (χ3v) is 4.72. The highest BCUT2D eigenvalue weighted by molar-refractivity contribution is 7.12. The zero-order valence-corrected chi connectivity index (χ0v) is 12.7. The number of piperidine rings is 1. The van der Waals surface area contributed by atoms with Gasteiger partial charge >= 0.3 is 0 Å². The summed E-state index contributed by atoms with van der Waals surface area (Å²) in [7, 11) is 0. The van der Waals surface area contributed by atoms with Gasteiger partial charge in [0.1, 0.15) is 5.75 Å². The van der Waals surface area contributed by atoms with Crippen LogP contribution in [0.2, 0.25) is 0 Å². The van der Waals surface area contributed by atoms with E-state index in [0.29, 0.717) is 5.92 Å². The monoisotopic (exact) mass is 301 g/mol. The van der Waals surface area contributed by atoms with E-state index in [1.807, 2.05) is 52.7 Å². The maximum atomic E-state index is 12.3. The van der Waals surface area contributed by atoms with Gasteiger partial charge in [-0.15, -0.1) is 11.3 Å². The molecule has 1 fully saturated rings. The molecule has 0 aliphatic carbocycles. The second kappa shape index (κ2) is 6.76. The maximum absolute atomic E-state index is 12.3. The van der Waals surface area contributed by atoms with Crippen molar-refractivity contribution in [1.29, 1.82) is 0 Å². The van der Waals surface area contributed by atoms with Crippen LogP contribution >= 0.6 is 11.3 Å². The van der Waals surface area contributed by atoms with Crippen molar-refractivity contribution in [1.82, 2.24) is 4.90 Å². The van der Waals surface area contributed by atoms with E-state index in [0.717, 1.165) is 43.2 Å². The third kappa shape index (κ3) is 3.64. The molecule has 1 aliphatic heterocycles. The number of hydrogen-bond donors (Lipinski definition) is 0. The molecule has 2 aromatic rings. The molecule has 0 spiro atoms. The average molecular weight is 301 g/mol. The van der Waals surface area contributed by atoms with Crippen LogP contribution in [0, 0.1) is 5.92 Å². The van der Waals surface area contributed by atoms with Gasteiger partial charge in [-0.2, -0.15) is 0 Å². The second-order valence-corrected chi connectivity index (χ2v) is 6.28. The molecule has 1 aromatic heterocycles. The van der Waals surface area contributed by atoms with Gasteiger partial charge in [0, 0.05) is 13.1 Å². The van der Waals surface area contributed by atoms with Crippen molar-refractivity contribution in [2.45, 2.75) is 12.8 Å². The molecule has 0 atom stereocenters. The van der Waals surface area contributed by atoms with E-state index in [4.69, 9.17) is 4.74 Å². The van der Waals surface area contributed by atoms with Crippen LogP contribution in [0.5, 0.6) is 5.75 Å². The Bertz CT molecular complexity index is 560. The highest BCUT2D eigenvalue weighted by atomic mass is 32.1. The number of rotatable bonds is 4. The van der Waals surface area contributed by atoms with Crippen molar-refractivity contribution in [3.05, 3.63) is 52.7 Å². The summed E-state index contributed by atoms with van der Waals surface area (Å²) in [5.74, 6) is 1.64. The SMILES string of the molecule is O=C(c1cccs1)N1CCC(COc2ccccc2)CC1. The van der Waals surface area contributed by atoms with Crippen molar-refractivity contribution in [2.75, 3.05) is 19.7 Å². The minimum absolute atomic E-state index is 0.174. The maximum Gasteiger partial charge on any atom is 0.263 e. The molecule has 0 bridgehead atoms. The number of carbonyl (C=O) groups excluding carboxylic acids is 1. The van der Waals surface area contributed by atoms with Crippen molar-refractivity contribution < 1.29 is 9.53 Å². The van der Waals surface area contributed by atoms with Crippen molar-refractivity contribution in [3.63, 3.8) is 0 Å². The number of carbonyl (C=O) groups is 1. The number of nitrogens with zero attached hydrogens (tertiary/aromatic N) is 1. The molecule has 110 valence electrons. The molecule has 0 radical (unpaired) electrons. The van der Waals surface area contributed by atoms with Crippen LogP contribution in [0.25, 0.3) is 0 Å². The predicted molar refractivity (Wildman–Crippen MR) is 84.9 cm³/mol. The molecular formula is C17H19NO2S. The highest BCUT2D eigenvalue weighted by Gasteiger charge is 2.24. The van der Waals surface area contributed by atoms with Crippen molar-refractivity contribution >= 4 is 17.2 Å². The number of thiophene rings is 1.